The van der Waals surface area contributed by atoms with Gasteiger partial charge in [-0.3, -0.25) is 0 Å². The molecule has 0 saturated heterocycles. The Balaban J connectivity index is 2.05. The molecule has 0 aliphatic heterocycles. The third-order valence-corrected chi connectivity index (χ3v) is 2.85. The second-order valence-corrected chi connectivity index (χ2v) is 4.30. The van der Waals surface area contributed by atoms with E-state index in [2.05, 4.69) is 10.6 Å². The van der Waals surface area contributed by atoms with Crippen molar-refractivity contribution in [2.45, 2.75) is 0 Å². The number of urea groups is 1. The molecule has 0 heterocycles. The van der Waals surface area contributed by atoms with Crippen LogP contribution in [-0.4, -0.2) is 18.5 Å². The lowest BCUT2D eigenvalue weighted by Crippen LogP contribution is -2.28. The van der Waals surface area contributed by atoms with Crippen LogP contribution in [0.2, 0.25) is 0 Å². The SMILES string of the molecule is O=C(NC/C=C/CCl)Nc1cccc2ccccc12. The zero-order valence-electron chi connectivity index (χ0n) is 10.4. The van der Waals surface area contributed by atoms with E-state index >= 15 is 0 Å². The van der Waals surface area contributed by atoms with Crippen LogP contribution in [0.5, 0.6) is 0 Å². The Labute approximate surface area is 117 Å². The van der Waals surface area contributed by atoms with Crippen molar-refractivity contribution in [1.29, 1.82) is 0 Å². The smallest absolute Gasteiger partial charge is 0.319 e. The van der Waals surface area contributed by atoms with Crippen molar-refractivity contribution in [1.82, 2.24) is 5.32 Å². The van der Waals surface area contributed by atoms with Gasteiger partial charge in [-0.05, 0) is 11.5 Å². The molecule has 0 spiro atoms. The maximum absolute atomic E-state index is 11.7. The van der Waals surface area contributed by atoms with Crippen molar-refractivity contribution >= 4 is 34.1 Å². The highest BCUT2D eigenvalue weighted by Gasteiger charge is 2.03. The van der Waals surface area contributed by atoms with Crippen LogP contribution in [0.15, 0.2) is 54.6 Å². The lowest BCUT2D eigenvalue weighted by Gasteiger charge is -2.09. The lowest BCUT2D eigenvalue weighted by molar-refractivity contribution is 0.253. The van der Waals surface area contributed by atoms with Gasteiger partial charge in [-0.15, -0.1) is 11.6 Å². The maximum Gasteiger partial charge on any atom is 0.319 e. The van der Waals surface area contributed by atoms with Crippen molar-refractivity contribution in [3.8, 4) is 0 Å². The van der Waals surface area contributed by atoms with Crippen LogP contribution in [0.25, 0.3) is 10.8 Å². The van der Waals surface area contributed by atoms with Gasteiger partial charge >= 0.3 is 6.03 Å². The van der Waals surface area contributed by atoms with Crippen LogP contribution in [0.1, 0.15) is 0 Å². The molecule has 2 rings (SSSR count). The van der Waals surface area contributed by atoms with Gasteiger partial charge in [-0.25, -0.2) is 4.79 Å². The first-order chi connectivity index (χ1) is 9.31. The van der Waals surface area contributed by atoms with Crippen molar-refractivity contribution in [3.05, 3.63) is 54.6 Å². The van der Waals surface area contributed by atoms with Gasteiger partial charge in [-0.1, -0.05) is 48.6 Å². The molecule has 3 nitrogen and oxygen atoms in total. The van der Waals surface area contributed by atoms with E-state index in [0.29, 0.717) is 12.4 Å². The number of rotatable bonds is 4. The van der Waals surface area contributed by atoms with E-state index in [-0.39, 0.29) is 6.03 Å². The number of halogens is 1. The summed E-state index contributed by atoms with van der Waals surface area (Å²) in [4.78, 5) is 11.7. The lowest BCUT2D eigenvalue weighted by atomic mass is 10.1. The fraction of sp³-hybridized carbons (Fsp3) is 0.133. The minimum Gasteiger partial charge on any atom is -0.334 e. The van der Waals surface area contributed by atoms with Gasteiger partial charge in [0.1, 0.15) is 0 Å². The monoisotopic (exact) mass is 274 g/mol. The molecule has 0 unspecified atom stereocenters. The number of alkyl halides is 1. The summed E-state index contributed by atoms with van der Waals surface area (Å²) >= 11 is 5.50. The number of hydrogen-bond donors (Lipinski definition) is 2. The molecular weight excluding hydrogens is 260 g/mol. The van der Waals surface area contributed by atoms with Crippen molar-refractivity contribution in [2.24, 2.45) is 0 Å². The third-order valence-electron chi connectivity index (χ3n) is 2.67. The third kappa shape index (κ3) is 3.73. The van der Waals surface area contributed by atoms with Crippen LogP contribution in [0.3, 0.4) is 0 Å². The van der Waals surface area contributed by atoms with Crippen LogP contribution in [0.4, 0.5) is 10.5 Å². The Bertz CT molecular complexity index is 590. The number of benzene rings is 2. The van der Waals surface area contributed by atoms with Gasteiger partial charge < -0.3 is 10.6 Å². The summed E-state index contributed by atoms with van der Waals surface area (Å²) < 4.78 is 0. The van der Waals surface area contributed by atoms with Crippen LogP contribution < -0.4 is 10.6 Å². The summed E-state index contributed by atoms with van der Waals surface area (Å²) in [6.45, 7) is 0.462. The minimum absolute atomic E-state index is 0.226. The number of fused-ring (bicyclic) bond motifs is 1. The normalized spacial score (nSPS) is 10.8. The van der Waals surface area contributed by atoms with Gasteiger partial charge in [0, 0.05) is 17.8 Å². The average molecular weight is 275 g/mol. The molecule has 2 aromatic rings. The van der Waals surface area contributed by atoms with E-state index in [0.717, 1.165) is 16.5 Å². The minimum atomic E-state index is -0.226. The molecule has 98 valence electrons. The van der Waals surface area contributed by atoms with E-state index < -0.39 is 0 Å². The van der Waals surface area contributed by atoms with Gasteiger partial charge in [0.25, 0.3) is 0 Å². The van der Waals surface area contributed by atoms with Crippen molar-refractivity contribution in [3.63, 3.8) is 0 Å². The molecule has 0 atom stereocenters. The van der Waals surface area contributed by atoms with Crippen LogP contribution in [-0.2, 0) is 0 Å². The summed E-state index contributed by atoms with van der Waals surface area (Å²) in [7, 11) is 0. The predicted molar refractivity (Wildman–Crippen MR) is 80.8 cm³/mol. The number of allylic oxidation sites excluding steroid dienone is 1. The molecule has 19 heavy (non-hydrogen) atoms. The number of hydrogen-bond acceptors (Lipinski definition) is 1. The number of carbonyl (C=O) groups is 1. The fourth-order valence-electron chi connectivity index (χ4n) is 1.80. The Morgan fingerprint density at radius 2 is 1.89 bits per heavy atom. The Morgan fingerprint density at radius 1 is 1.11 bits per heavy atom. The summed E-state index contributed by atoms with van der Waals surface area (Å²) in [6, 6.07) is 13.5. The van der Waals surface area contributed by atoms with Crippen LogP contribution in [0, 0.1) is 0 Å². The quantitative estimate of drug-likeness (QED) is 0.647. The molecule has 4 heteroatoms. The molecule has 0 aromatic heterocycles. The van der Waals surface area contributed by atoms with Crippen molar-refractivity contribution in [2.75, 3.05) is 17.7 Å². The van der Waals surface area contributed by atoms with Gasteiger partial charge in [0.15, 0.2) is 0 Å². The topological polar surface area (TPSA) is 41.1 Å². The van der Waals surface area contributed by atoms with E-state index in [1.165, 1.54) is 0 Å². The largest absolute Gasteiger partial charge is 0.334 e. The van der Waals surface area contributed by atoms with Gasteiger partial charge in [0.2, 0.25) is 0 Å². The predicted octanol–water partition coefficient (Wildman–Crippen LogP) is 3.76. The van der Waals surface area contributed by atoms with Crippen LogP contribution >= 0.6 is 11.6 Å². The fourth-order valence-corrected chi connectivity index (χ4v) is 1.92. The Kier molecular flexibility index (Phi) is 4.81. The summed E-state index contributed by atoms with van der Waals surface area (Å²) in [5, 5.41) is 7.70. The average Bonchev–Trinajstić information content (AvgIpc) is 2.44. The van der Waals surface area contributed by atoms with E-state index in [1.54, 1.807) is 6.08 Å². The maximum atomic E-state index is 11.7. The molecule has 2 amide bonds. The number of nitrogens with one attached hydrogen (secondary N) is 2. The Morgan fingerprint density at radius 3 is 2.74 bits per heavy atom. The summed E-state index contributed by atoms with van der Waals surface area (Å²) in [5.74, 6) is 0.451. The molecule has 0 radical (unpaired) electrons. The molecule has 0 aliphatic carbocycles. The molecular formula is C15H15ClN2O. The standard InChI is InChI=1S/C15H15ClN2O/c16-10-3-4-11-17-15(19)18-14-9-5-7-12-6-1-2-8-13(12)14/h1-9H,10-11H2,(H2,17,18,19)/b4-3+. The highest BCUT2D eigenvalue weighted by molar-refractivity contribution is 6.18. The second kappa shape index (κ2) is 6.81. The Hall–Kier alpha value is -2.00. The first-order valence-electron chi connectivity index (χ1n) is 6.05. The zero-order valence-corrected chi connectivity index (χ0v) is 11.2. The van der Waals surface area contributed by atoms with Gasteiger partial charge in [-0.2, -0.15) is 0 Å². The first kappa shape index (κ1) is 13.4. The number of anilines is 1. The molecule has 0 fully saturated rings. The molecule has 0 aliphatic rings. The molecule has 0 saturated carbocycles. The highest BCUT2D eigenvalue weighted by atomic mass is 35.5. The van der Waals surface area contributed by atoms with E-state index in [4.69, 9.17) is 11.6 Å². The van der Waals surface area contributed by atoms with Gasteiger partial charge in [0.05, 0.1) is 5.69 Å². The number of carbonyl (C=O) groups excluding carboxylic acids is 1. The number of amides is 2. The van der Waals surface area contributed by atoms with E-state index in [1.807, 2.05) is 48.5 Å². The van der Waals surface area contributed by atoms with Crippen molar-refractivity contribution < 1.29 is 4.79 Å². The summed E-state index contributed by atoms with van der Waals surface area (Å²) in [6.07, 6.45) is 3.61. The molecule has 2 aromatic carbocycles. The second-order valence-electron chi connectivity index (χ2n) is 3.99. The first-order valence-corrected chi connectivity index (χ1v) is 6.58. The highest BCUT2D eigenvalue weighted by Crippen LogP contribution is 2.22. The zero-order chi connectivity index (χ0) is 13.5. The van der Waals surface area contributed by atoms with E-state index in [9.17, 15) is 4.79 Å². The molecule has 0 bridgehead atoms. The molecule has 2 N–H and O–H groups in total. The summed E-state index contributed by atoms with van der Waals surface area (Å²) in [5.41, 5.74) is 0.803.